The highest BCUT2D eigenvalue weighted by Crippen LogP contribution is 2.37. The lowest BCUT2D eigenvalue weighted by molar-refractivity contribution is 0.0638. The number of unbranched alkanes of at least 4 members (excludes halogenated alkanes) is 4. The number of hydrogen-bond acceptors (Lipinski definition) is 4. The summed E-state index contributed by atoms with van der Waals surface area (Å²) in [6.45, 7) is 10.4. The van der Waals surface area contributed by atoms with E-state index < -0.39 is 8.32 Å². The van der Waals surface area contributed by atoms with E-state index in [-0.39, 0.29) is 17.2 Å². The van der Waals surface area contributed by atoms with Gasteiger partial charge >= 0.3 is 0 Å². The van der Waals surface area contributed by atoms with Crippen LogP contribution in [-0.4, -0.2) is 51.1 Å². The van der Waals surface area contributed by atoms with Gasteiger partial charge in [-0.05, 0) is 28.3 Å². The summed E-state index contributed by atoms with van der Waals surface area (Å²) in [7, 11) is -2.78. The molecule has 250 valence electrons. The summed E-state index contributed by atoms with van der Waals surface area (Å²) in [6, 6.07) is 42.0. The van der Waals surface area contributed by atoms with E-state index in [1.165, 1.54) is 36.1 Å². The minimum atomic E-state index is -2.78. The second kappa shape index (κ2) is 18.8. The molecule has 0 saturated heterocycles. The molecule has 0 aliphatic rings. The van der Waals surface area contributed by atoms with Crippen molar-refractivity contribution in [2.75, 3.05) is 19.8 Å². The maximum absolute atomic E-state index is 10.6. The second-order valence-electron chi connectivity index (χ2n) is 13.6. The van der Waals surface area contributed by atoms with Gasteiger partial charge in [0, 0.05) is 17.7 Å². The molecule has 2 atom stereocenters. The van der Waals surface area contributed by atoms with Crippen molar-refractivity contribution >= 4 is 24.4 Å². The van der Waals surface area contributed by atoms with Gasteiger partial charge in [-0.3, -0.25) is 4.99 Å². The molecule has 0 spiro atoms. The molecule has 0 aromatic heterocycles. The average molecular weight is 650 g/mol. The van der Waals surface area contributed by atoms with Crippen molar-refractivity contribution < 1.29 is 14.3 Å². The molecule has 4 rings (SSSR count). The molecule has 47 heavy (non-hydrogen) atoms. The minimum Gasteiger partial charge on any atom is -0.405 e. The zero-order valence-electron chi connectivity index (χ0n) is 29.0. The van der Waals surface area contributed by atoms with Gasteiger partial charge in [-0.1, -0.05) is 181 Å². The van der Waals surface area contributed by atoms with Crippen molar-refractivity contribution in [3.63, 3.8) is 0 Å². The lowest BCUT2D eigenvalue weighted by atomic mass is 10.0. The summed E-state index contributed by atoms with van der Waals surface area (Å²) in [5.41, 5.74) is 3.05. The van der Waals surface area contributed by atoms with Gasteiger partial charge < -0.3 is 14.3 Å². The van der Waals surface area contributed by atoms with E-state index in [1.54, 1.807) is 0 Å². The largest absolute Gasteiger partial charge is 0.405 e. The zero-order valence-corrected chi connectivity index (χ0v) is 30.0. The van der Waals surface area contributed by atoms with Crippen molar-refractivity contribution in [3.05, 3.63) is 132 Å². The summed E-state index contributed by atoms with van der Waals surface area (Å²) in [5.74, 6) is 0. The standard InChI is InChI=1S/C42H55NO3Si/c1-5-6-7-8-17-26-38(44)31-32-45-33-37(43-41(35-22-13-9-14-23-35)36-24-15-10-16-25-36)34-46-47(42(2,3)4,39-27-18-11-19-28-39)40-29-20-12-21-30-40/h9-16,18-25,27-30,37-38,44H,5-8,17,26,31-34H2,1-4H3/t37-,38?/m1/s1. The fraction of sp³-hybridized carbons (Fsp3) is 0.405. The molecule has 0 fully saturated rings. The first-order valence-corrected chi connectivity index (χ1v) is 19.5. The van der Waals surface area contributed by atoms with Crippen LogP contribution in [0.5, 0.6) is 0 Å². The molecular formula is C42H55NO3Si. The molecule has 0 bridgehead atoms. The Morgan fingerprint density at radius 2 is 1.15 bits per heavy atom. The maximum atomic E-state index is 10.6. The second-order valence-corrected chi connectivity index (χ2v) is 17.9. The molecule has 4 aromatic carbocycles. The predicted octanol–water partition coefficient (Wildman–Crippen LogP) is 8.60. The lowest BCUT2D eigenvalue weighted by Gasteiger charge is -2.43. The summed E-state index contributed by atoms with van der Waals surface area (Å²) in [4.78, 5) is 5.41. The third kappa shape index (κ3) is 10.6. The Kier molecular flexibility index (Phi) is 14.6. The van der Waals surface area contributed by atoms with Crippen molar-refractivity contribution in [2.45, 2.75) is 89.8 Å². The number of aliphatic imine (C=N–C) groups is 1. The Morgan fingerprint density at radius 1 is 0.660 bits per heavy atom. The van der Waals surface area contributed by atoms with Crippen LogP contribution in [0.15, 0.2) is 126 Å². The van der Waals surface area contributed by atoms with E-state index in [0.717, 1.165) is 29.7 Å². The van der Waals surface area contributed by atoms with E-state index in [0.29, 0.717) is 26.2 Å². The fourth-order valence-electron chi connectivity index (χ4n) is 6.36. The summed E-state index contributed by atoms with van der Waals surface area (Å²) >= 11 is 0. The Hall–Kier alpha value is -3.35. The molecule has 0 amide bonds. The van der Waals surface area contributed by atoms with Gasteiger partial charge in [0.25, 0.3) is 8.32 Å². The van der Waals surface area contributed by atoms with Crippen molar-refractivity contribution in [1.82, 2.24) is 0 Å². The van der Waals surface area contributed by atoms with Gasteiger partial charge in [0.05, 0.1) is 31.1 Å². The number of rotatable bonds is 19. The molecule has 1 unspecified atom stereocenters. The van der Waals surface area contributed by atoms with Crippen molar-refractivity contribution in [2.24, 2.45) is 4.99 Å². The Balaban J connectivity index is 1.63. The van der Waals surface area contributed by atoms with Gasteiger partial charge in [0.15, 0.2) is 0 Å². The molecule has 4 nitrogen and oxygen atoms in total. The average Bonchev–Trinajstić information content (AvgIpc) is 3.10. The van der Waals surface area contributed by atoms with Crippen LogP contribution in [0.1, 0.15) is 83.8 Å². The van der Waals surface area contributed by atoms with Gasteiger partial charge in [-0.2, -0.15) is 0 Å². The normalized spacial score (nSPS) is 13.2. The number of benzene rings is 4. The van der Waals surface area contributed by atoms with Crippen molar-refractivity contribution in [3.8, 4) is 0 Å². The third-order valence-electron chi connectivity index (χ3n) is 8.86. The molecule has 4 aromatic rings. The van der Waals surface area contributed by atoms with E-state index in [1.807, 2.05) is 12.1 Å². The molecule has 0 heterocycles. The SMILES string of the molecule is CCCCCCCC(O)CCOC[C@H](CO[Si](c1ccccc1)(c1ccccc1)C(C)(C)C)N=C(c1ccccc1)c1ccccc1. The highest BCUT2D eigenvalue weighted by molar-refractivity contribution is 6.99. The monoisotopic (exact) mass is 649 g/mol. The predicted molar refractivity (Wildman–Crippen MR) is 201 cm³/mol. The third-order valence-corrected chi connectivity index (χ3v) is 13.9. The van der Waals surface area contributed by atoms with E-state index in [4.69, 9.17) is 14.2 Å². The van der Waals surface area contributed by atoms with Crippen molar-refractivity contribution in [1.29, 1.82) is 0 Å². The maximum Gasteiger partial charge on any atom is 0.261 e. The van der Waals surface area contributed by atoms with E-state index >= 15 is 0 Å². The topological polar surface area (TPSA) is 51.0 Å². The zero-order chi connectivity index (χ0) is 33.4. The van der Waals surface area contributed by atoms with Gasteiger partial charge in [0.1, 0.15) is 0 Å². The summed E-state index contributed by atoms with van der Waals surface area (Å²) in [6.07, 6.45) is 7.12. The van der Waals surface area contributed by atoms with E-state index in [9.17, 15) is 5.11 Å². The van der Waals surface area contributed by atoms with Crippen LogP contribution in [-0.2, 0) is 9.16 Å². The number of nitrogens with zero attached hydrogens (tertiary/aromatic N) is 1. The molecular weight excluding hydrogens is 595 g/mol. The lowest BCUT2D eigenvalue weighted by Crippen LogP contribution is -2.67. The highest BCUT2D eigenvalue weighted by Gasteiger charge is 2.50. The number of aliphatic hydroxyl groups is 1. The molecule has 0 aliphatic heterocycles. The van der Waals surface area contributed by atoms with Crippen LogP contribution in [0.2, 0.25) is 5.04 Å². The molecule has 0 aliphatic carbocycles. The summed E-state index contributed by atoms with van der Waals surface area (Å²) in [5, 5.41) is 13.0. The molecule has 5 heteroatoms. The van der Waals surface area contributed by atoms with E-state index in [2.05, 4.69) is 137 Å². The van der Waals surface area contributed by atoms with Crippen LogP contribution in [0, 0.1) is 0 Å². The molecule has 0 radical (unpaired) electrons. The van der Waals surface area contributed by atoms with Crippen LogP contribution in [0.4, 0.5) is 0 Å². The van der Waals surface area contributed by atoms with Gasteiger partial charge in [-0.25, -0.2) is 0 Å². The Bertz CT molecular complexity index is 1360. The first kappa shape index (κ1) is 36.5. The minimum absolute atomic E-state index is 0.145. The Morgan fingerprint density at radius 3 is 1.64 bits per heavy atom. The van der Waals surface area contributed by atoms with Crippen LogP contribution < -0.4 is 10.4 Å². The smallest absolute Gasteiger partial charge is 0.261 e. The van der Waals surface area contributed by atoms with Crippen LogP contribution >= 0.6 is 0 Å². The van der Waals surface area contributed by atoms with Gasteiger partial charge in [0.2, 0.25) is 0 Å². The summed E-state index contributed by atoms with van der Waals surface area (Å²) < 4.78 is 13.7. The first-order valence-electron chi connectivity index (χ1n) is 17.5. The number of aliphatic hydroxyl groups excluding tert-OH is 1. The number of hydrogen-bond donors (Lipinski definition) is 1. The van der Waals surface area contributed by atoms with Crippen LogP contribution in [0.3, 0.4) is 0 Å². The molecule has 0 saturated carbocycles. The Labute approximate surface area is 285 Å². The first-order chi connectivity index (χ1) is 22.8. The quantitative estimate of drug-likeness (QED) is 0.0629. The fourth-order valence-corrected chi connectivity index (χ4v) is 11.0. The van der Waals surface area contributed by atoms with Gasteiger partial charge in [-0.15, -0.1) is 0 Å². The number of ether oxygens (including phenoxy) is 1. The highest BCUT2D eigenvalue weighted by atomic mass is 28.4. The van der Waals surface area contributed by atoms with Crippen LogP contribution in [0.25, 0.3) is 0 Å². The molecule has 1 N–H and O–H groups in total.